The van der Waals surface area contributed by atoms with Gasteiger partial charge in [-0.2, -0.15) is 0 Å². The number of benzene rings is 2. The van der Waals surface area contributed by atoms with Gasteiger partial charge in [0.25, 0.3) is 0 Å². The fourth-order valence-corrected chi connectivity index (χ4v) is 2.57. The van der Waals surface area contributed by atoms with Crippen LogP contribution < -0.4 is 15.2 Å². The summed E-state index contributed by atoms with van der Waals surface area (Å²) in [7, 11) is 0. The van der Waals surface area contributed by atoms with Crippen LogP contribution in [-0.4, -0.2) is 23.3 Å². The smallest absolute Gasteiger partial charge is 0.248 e. The summed E-state index contributed by atoms with van der Waals surface area (Å²) in [6.45, 7) is 0.836. The molecule has 0 aliphatic carbocycles. The third-order valence-electron chi connectivity index (χ3n) is 4.01. The molecule has 0 saturated carbocycles. The highest BCUT2D eigenvalue weighted by atomic mass is 16.5. The highest BCUT2D eigenvalue weighted by molar-refractivity contribution is 5.99. The lowest BCUT2D eigenvalue weighted by Gasteiger charge is -2.17. The van der Waals surface area contributed by atoms with Crippen molar-refractivity contribution in [2.24, 2.45) is 5.73 Å². The van der Waals surface area contributed by atoms with Gasteiger partial charge in [0.1, 0.15) is 18.1 Å². The fourth-order valence-electron chi connectivity index (χ4n) is 2.57. The Kier molecular flexibility index (Phi) is 6.36. The van der Waals surface area contributed by atoms with Gasteiger partial charge in [0.05, 0.1) is 17.9 Å². The van der Waals surface area contributed by atoms with Crippen LogP contribution in [0.1, 0.15) is 32.8 Å². The maximum Gasteiger partial charge on any atom is 0.248 e. The van der Waals surface area contributed by atoms with E-state index < -0.39 is 0 Å². The molecule has 0 unspecified atom stereocenters. The lowest BCUT2D eigenvalue weighted by atomic mass is 10.1. The van der Waals surface area contributed by atoms with Crippen LogP contribution in [0.4, 0.5) is 0 Å². The topological polar surface area (TPSA) is 91.5 Å². The first-order valence-electron chi connectivity index (χ1n) is 8.81. The Bertz CT molecular complexity index is 943. The third-order valence-corrected chi connectivity index (χ3v) is 4.01. The first kappa shape index (κ1) is 19.1. The number of carbonyl (C=O) groups excluding carboxylic acids is 2. The second-order valence-corrected chi connectivity index (χ2v) is 6.02. The van der Waals surface area contributed by atoms with Crippen LogP contribution in [0.15, 0.2) is 72.9 Å². The molecule has 1 aromatic heterocycles. The summed E-state index contributed by atoms with van der Waals surface area (Å²) in [6.07, 6.45) is 2.18. The van der Waals surface area contributed by atoms with Gasteiger partial charge in [-0.25, -0.2) is 0 Å². The summed E-state index contributed by atoms with van der Waals surface area (Å²) in [5, 5.41) is 0. The number of Topliss-reactive ketones (excluding diaryl/α,β-unsaturated/α-hetero) is 1. The molecule has 0 radical (unpaired) electrons. The monoisotopic (exact) mass is 376 g/mol. The van der Waals surface area contributed by atoms with Crippen LogP contribution in [0.2, 0.25) is 0 Å². The predicted molar refractivity (Wildman–Crippen MR) is 104 cm³/mol. The zero-order valence-corrected chi connectivity index (χ0v) is 15.2. The maximum atomic E-state index is 11.6. The fraction of sp³-hybridized carbons (Fsp3) is 0.136. The molecule has 142 valence electrons. The van der Waals surface area contributed by atoms with E-state index in [-0.39, 0.29) is 11.7 Å². The summed E-state index contributed by atoms with van der Waals surface area (Å²) in [5.74, 6) is 1.03. The van der Waals surface area contributed by atoms with Gasteiger partial charge in [-0.3, -0.25) is 14.6 Å². The predicted octanol–water partition coefficient (Wildman–Crippen LogP) is 3.41. The summed E-state index contributed by atoms with van der Waals surface area (Å²) in [4.78, 5) is 26.3. The second-order valence-electron chi connectivity index (χ2n) is 6.02. The van der Waals surface area contributed by atoms with E-state index in [2.05, 4.69) is 4.98 Å². The molecule has 0 bridgehead atoms. The van der Waals surface area contributed by atoms with Crippen LogP contribution in [0.3, 0.4) is 0 Å². The van der Waals surface area contributed by atoms with Gasteiger partial charge in [-0.05, 0) is 36.4 Å². The Morgan fingerprint density at radius 3 is 2.54 bits per heavy atom. The minimum Gasteiger partial charge on any atom is -0.492 e. The van der Waals surface area contributed by atoms with Crippen molar-refractivity contribution in [1.29, 1.82) is 0 Å². The number of ether oxygens (including phenoxy) is 2. The van der Waals surface area contributed by atoms with Crippen molar-refractivity contribution in [2.75, 3.05) is 6.61 Å². The van der Waals surface area contributed by atoms with Gasteiger partial charge < -0.3 is 15.2 Å². The minimum atomic E-state index is -0.379. The van der Waals surface area contributed by atoms with Crippen LogP contribution in [0.25, 0.3) is 0 Å². The second kappa shape index (κ2) is 9.32. The lowest BCUT2D eigenvalue weighted by Crippen LogP contribution is -2.15. The molecular formula is C22H20N2O4. The molecule has 1 aliphatic rings. The Labute approximate surface area is 162 Å². The molecule has 2 heterocycles. The van der Waals surface area contributed by atoms with Crippen molar-refractivity contribution in [3.05, 3.63) is 89.7 Å². The molecule has 0 fully saturated rings. The van der Waals surface area contributed by atoms with Crippen LogP contribution in [0.5, 0.6) is 11.5 Å². The lowest BCUT2D eigenvalue weighted by molar-refractivity contribution is 0.0932. The highest BCUT2D eigenvalue weighted by Gasteiger charge is 2.18. The molecule has 6 nitrogen and oxygen atoms in total. The molecule has 28 heavy (non-hydrogen) atoms. The van der Waals surface area contributed by atoms with Crippen LogP contribution >= 0.6 is 0 Å². The number of aromatic nitrogens is 1. The number of hydrogen-bond donors (Lipinski definition) is 1. The summed E-state index contributed by atoms with van der Waals surface area (Å²) in [6, 6.07) is 19.7. The summed E-state index contributed by atoms with van der Waals surface area (Å²) in [5.41, 5.74) is 7.02. The van der Waals surface area contributed by atoms with E-state index in [0.717, 1.165) is 5.69 Å². The zero-order valence-electron chi connectivity index (χ0n) is 15.2. The number of carbonyl (C=O) groups is 2. The van der Waals surface area contributed by atoms with E-state index in [0.29, 0.717) is 42.3 Å². The third kappa shape index (κ3) is 5.17. The molecule has 0 atom stereocenters. The number of primary amides is 1. The molecule has 2 aromatic carbocycles. The summed E-state index contributed by atoms with van der Waals surface area (Å²) >= 11 is 0. The number of amides is 1. The van der Waals surface area contributed by atoms with Crippen molar-refractivity contribution >= 4 is 11.7 Å². The number of rotatable bonds is 4. The molecule has 6 heteroatoms. The minimum absolute atomic E-state index is 0.123. The van der Waals surface area contributed by atoms with Crippen LogP contribution in [-0.2, 0) is 6.61 Å². The molecule has 1 aliphatic heterocycles. The molecule has 4 rings (SSSR count). The van der Waals surface area contributed by atoms with E-state index in [9.17, 15) is 9.59 Å². The molecular weight excluding hydrogens is 356 g/mol. The number of nitrogens with two attached hydrogens (primary N) is 1. The summed E-state index contributed by atoms with van der Waals surface area (Å²) < 4.78 is 11.1. The average Bonchev–Trinajstić information content (AvgIpc) is 2.74. The Hall–Kier alpha value is -3.67. The number of nitrogens with zero attached hydrogens (tertiary/aromatic N) is 1. The molecule has 0 saturated heterocycles. The number of fused-ring (bicyclic) bond motifs is 1. The largest absolute Gasteiger partial charge is 0.492 e. The first-order chi connectivity index (χ1) is 13.6. The quantitative estimate of drug-likeness (QED) is 0.753. The van der Waals surface area contributed by atoms with E-state index in [1.54, 1.807) is 48.7 Å². The Morgan fingerprint density at radius 2 is 1.86 bits per heavy atom. The molecule has 0 spiro atoms. The molecule has 2 N–H and O–H groups in total. The SMILES string of the molecule is NC(=O)c1ccccc1.O=C1CCOc2cc(OCc3ccccn3)ccc21. The van der Waals surface area contributed by atoms with Gasteiger partial charge in [-0.1, -0.05) is 24.3 Å². The van der Waals surface area contributed by atoms with Crippen molar-refractivity contribution in [3.8, 4) is 11.5 Å². The number of ketones is 1. The Balaban J connectivity index is 0.000000211. The molecule has 1 amide bonds. The van der Waals surface area contributed by atoms with Crippen molar-refractivity contribution < 1.29 is 19.1 Å². The molecule has 3 aromatic rings. The number of hydrogen-bond acceptors (Lipinski definition) is 5. The van der Waals surface area contributed by atoms with E-state index in [1.807, 2.05) is 24.3 Å². The van der Waals surface area contributed by atoms with Crippen LogP contribution in [0, 0.1) is 0 Å². The zero-order chi connectivity index (χ0) is 19.8. The van der Waals surface area contributed by atoms with Gasteiger partial charge in [0, 0.05) is 24.2 Å². The van der Waals surface area contributed by atoms with Gasteiger partial charge in [-0.15, -0.1) is 0 Å². The number of pyridine rings is 1. The standard InChI is InChI=1S/C15H13NO3.C7H7NO/c17-14-6-8-18-15-9-12(4-5-13(14)15)19-10-11-3-1-2-7-16-11;8-7(9)6-4-2-1-3-5-6/h1-5,7,9H,6,8,10H2;1-5H,(H2,8,9). The first-order valence-corrected chi connectivity index (χ1v) is 8.81. The van der Waals surface area contributed by atoms with E-state index in [4.69, 9.17) is 15.2 Å². The normalized spacial score (nSPS) is 12.1. The van der Waals surface area contributed by atoms with Crippen molar-refractivity contribution in [1.82, 2.24) is 4.98 Å². The average molecular weight is 376 g/mol. The van der Waals surface area contributed by atoms with Gasteiger partial charge in [0.2, 0.25) is 5.91 Å². The van der Waals surface area contributed by atoms with Crippen molar-refractivity contribution in [3.63, 3.8) is 0 Å². The maximum absolute atomic E-state index is 11.6. The highest BCUT2D eigenvalue weighted by Crippen LogP contribution is 2.29. The Morgan fingerprint density at radius 1 is 1.07 bits per heavy atom. The van der Waals surface area contributed by atoms with Gasteiger partial charge >= 0.3 is 0 Å². The van der Waals surface area contributed by atoms with E-state index in [1.165, 1.54) is 0 Å². The van der Waals surface area contributed by atoms with E-state index >= 15 is 0 Å². The van der Waals surface area contributed by atoms with Gasteiger partial charge in [0.15, 0.2) is 5.78 Å². The van der Waals surface area contributed by atoms with Crippen molar-refractivity contribution in [2.45, 2.75) is 13.0 Å².